The van der Waals surface area contributed by atoms with E-state index in [9.17, 15) is 0 Å². The van der Waals surface area contributed by atoms with E-state index < -0.39 is 0 Å². The molecule has 3 heteroatoms. The summed E-state index contributed by atoms with van der Waals surface area (Å²) in [6, 6.07) is 2.29. The predicted octanol–water partition coefficient (Wildman–Crippen LogP) is 2.56. The van der Waals surface area contributed by atoms with E-state index in [1.165, 1.54) is 5.56 Å². The highest BCUT2D eigenvalue weighted by molar-refractivity contribution is 7.07. The fourth-order valence-corrected chi connectivity index (χ4v) is 2.92. The first-order valence-electron chi connectivity index (χ1n) is 5.22. The van der Waals surface area contributed by atoms with Crippen LogP contribution in [-0.2, 0) is 4.74 Å². The predicted molar refractivity (Wildman–Crippen MR) is 59.4 cm³/mol. The van der Waals surface area contributed by atoms with Crippen molar-refractivity contribution in [2.75, 3.05) is 6.61 Å². The molecule has 0 aromatic carbocycles. The van der Waals surface area contributed by atoms with Gasteiger partial charge in [-0.15, -0.1) is 0 Å². The van der Waals surface area contributed by atoms with E-state index in [1.54, 1.807) is 11.3 Å². The van der Waals surface area contributed by atoms with Crippen LogP contribution in [0.5, 0.6) is 0 Å². The Bertz CT molecular complexity index is 273. The highest BCUT2D eigenvalue weighted by Gasteiger charge is 2.32. The van der Waals surface area contributed by atoms with Crippen LogP contribution in [0.1, 0.15) is 31.4 Å². The standard InChI is InChI=1S/C11H17NOS/c1-2-10-9(3-5-13-10)11(12)8-4-6-14-7-8/h4,6-7,9-11H,2-3,5,12H2,1H3. The lowest BCUT2D eigenvalue weighted by Crippen LogP contribution is -2.27. The Balaban J connectivity index is 2.07. The molecule has 78 valence electrons. The van der Waals surface area contributed by atoms with Crippen LogP contribution in [-0.4, -0.2) is 12.7 Å². The fourth-order valence-electron chi connectivity index (χ4n) is 2.21. The highest BCUT2D eigenvalue weighted by atomic mass is 32.1. The Morgan fingerprint density at radius 1 is 1.71 bits per heavy atom. The minimum atomic E-state index is 0.161. The van der Waals surface area contributed by atoms with Gasteiger partial charge in [0.15, 0.2) is 0 Å². The Hall–Kier alpha value is -0.380. The molecule has 1 aromatic rings. The number of hydrogen-bond acceptors (Lipinski definition) is 3. The van der Waals surface area contributed by atoms with Crippen molar-refractivity contribution >= 4 is 11.3 Å². The maximum absolute atomic E-state index is 6.24. The zero-order chi connectivity index (χ0) is 9.97. The maximum atomic E-state index is 6.24. The van der Waals surface area contributed by atoms with Gasteiger partial charge in [0.1, 0.15) is 0 Å². The minimum absolute atomic E-state index is 0.161. The summed E-state index contributed by atoms with van der Waals surface area (Å²) in [5, 5.41) is 4.24. The zero-order valence-corrected chi connectivity index (χ0v) is 9.30. The number of thiophene rings is 1. The van der Waals surface area contributed by atoms with Crippen LogP contribution in [0.3, 0.4) is 0 Å². The van der Waals surface area contributed by atoms with E-state index in [-0.39, 0.29) is 6.04 Å². The molecule has 2 nitrogen and oxygen atoms in total. The first-order chi connectivity index (χ1) is 6.83. The third-order valence-corrected chi connectivity index (χ3v) is 3.75. The molecule has 1 aliphatic rings. The van der Waals surface area contributed by atoms with Crippen molar-refractivity contribution in [2.24, 2.45) is 11.7 Å². The lowest BCUT2D eigenvalue weighted by Gasteiger charge is -2.22. The third kappa shape index (κ3) is 1.85. The van der Waals surface area contributed by atoms with Gasteiger partial charge in [-0.3, -0.25) is 0 Å². The molecular formula is C11H17NOS. The van der Waals surface area contributed by atoms with Crippen LogP contribution in [0, 0.1) is 5.92 Å². The molecule has 1 fully saturated rings. The normalized spacial score (nSPS) is 29.3. The van der Waals surface area contributed by atoms with E-state index in [0.29, 0.717) is 12.0 Å². The molecule has 1 aliphatic heterocycles. The SMILES string of the molecule is CCC1OCCC1C(N)c1ccsc1. The molecule has 0 aliphatic carbocycles. The van der Waals surface area contributed by atoms with Crippen molar-refractivity contribution in [3.8, 4) is 0 Å². The average Bonchev–Trinajstić information content (AvgIpc) is 2.87. The van der Waals surface area contributed by atoms with Gasteiger partial charge in [0, 0.05) is 18.6 Å². The van der Waals surface area contributed by atoms with Gasteiger partial charge in [-0.1, -0.05) is 6.92 Å². The summed E-state index contributed by atoms with van der Waals surface area (Å²) in [6.45, 7) is 3.05. The van der Waals surface area contributed by atoms with Gasteiger partial charge in [0.2, 0.25) is 0 Å². The van der Waals surface area contributed by atoms with Crippen LogP contribution in [0.4, 0.5) is 0 Å². The van der Waals surface area contributed by atoms with Crippen LogP contribution in [0.25, 0.3) is 0 Å². The van der Waals surface area contributed by atoms with Crippen LogP contribution < -0.4 is 5.73 Å². The smallest absolute Gasteiger partial charge is 0.0619 e. The second kappa shape index (κ2) is 4.43. The average molecular weight is 211 g/mol. The van der Waals surface area contributed by atoms with Crippen molar-refractivity contribution in [1.82, 2.24) is 0 Å². The van der Waals surface area contributed by atoms with E-state index in [2.05, 4.69) is 23.8 Å². The minimum Gasteiger partial charge on any atom is -0.378 e. The second-order valence-corrected chi connectivity index (χ2v) is 4.63. The molecule has 3 unspecified atom stereocenters. The second-order valence-electron chi connectivity index (χ2n) is 3.85. The molecule has 3 atom stereocenters. The van der Waals surface area contributed by atoms with Gasteiger partial charge in [-0.2, -0.15) is 11.3 Å². The molecule has 14 heavy (non-hydrogen) atoms. The third-order valence-electron chi connectivity index (χ3n) is 3.05. The summed E-state index contributed by atoms with van der Waals surface area (Å²) < 4.78 is 5.66. The molecule has 2 rings (SSSR count). The summed E-state index contributed by atoms with van der Waals surface area (Å²) in [5.74, 6) is 0.509. The van der Waals surface area contributed by atoms with Crippen molar-refractivity contribution in [3.05, 3.63) is 22.4 Å². The first-order valence-corrected chi connectivity index (χ1v) is 6.16. The zero-order valence-electron chi connectivity index (χ0n) is 8.48. The summed E-state index contributed by atoms with van der Waals surface area (Å²) in [4.78, 5) is 0. The quantitative estimate of drug-likeness (QED) is 0.834. The number of rotatable bonds is 3. The van der Waals surface area contributed by atoms with E-state index >= 15 is 0 Å². The van der Waals surface area contributed by atoms with Crippen LogP contribution >= 0.6 is 11.3 Å². The van der Waals surface area contributed by atoms with Gasteiger partial charge >= 0.3 is 0 Å². The van der Waals surface area contributed by atoms with Gasteiger partial charge < -0.3 is 10.5 Å². The van der Waals surface area contributed by atoms with E-state index in [1.807, 2.05) is 0 Å². The monoisotopic (exact) mass is 211 g/mol. The highest BCUT2D eigenvalue weighted by Crippen LogP contribution is 2.33. The topological polar surface area (TPSA) is 35.2 Å². The number of hydrogen-bond donors (Lipinski definition) is 1. The molecule has 0 spiro atoms. The Kier molecular flexibility index (Phi) is 3.21. The van der Waals surface area contributed by atoms with E-state index in [0.717, 1.165) is 19.4 Å². The first kappa shape index (κ1) is 10.1. The summed E-state index contributed by atoms with van der Waals surface area (Å²) in [7, 11) is 0. The number of nitrogens with two attached hydrogens (primary N) is 1. The lowest BCUT2D eigenvalue weighted by molar-refractivity contribution is 0.0814. The maximum Gasteiger partial charge on any atom is 0.0619 e. The molecule has 2 heterocycles. The summed E-state index contributed by atoms with van der Waals surface area (Å²) in [5.41, 5.74) is 7.50. The largest absolute Gasteiger partial charge is 0.378 e. The van der Waals surface area contributed by atoms with Crippen molar-refractivity contribution in [2.45, 2.75) is 31.9 Å². The molecule has 0 bridgehead atoms. The van der Waals surface area contributed by atoms with Gasteiger partial charge in [0.25, 0.3) is 0 Å². The molecule has 0 radical (unpaired) electrons. The molecular weight excluding hydrogens is 194 g/mol. The summed E-state index contributed by atoms with van der Waals surface area (Å²) >= 11 is 1.71. The fraction of sp³-hybridized carbons (Fsp3) is 0.636. The van der Waals surface area contributed by atoms with Gasteiger partial charge in [-0.05, 0) is 35.2 Å². The Morgan fingerprint density at radius 2 is 2.57 bits per heavy atom. The van der Waals surface area contributed by atoms with Gasteiger partial charge in [-0.25, -0.2) is 0 Å². The lowest BCUT2D eigenvalue weighted by atomic mass is 9.89. The van der Waals surface area contributed by atoms with Gasteiger partial charge in [0.05, 0.1) is 6.10 Å². The Labute approximate surface area is 89.1 Å². The summed E-state index contributed by atoms with van der Waals surface area (Å²) in [6.07, 6.45) is 2.54. The number of ether oxygens (including phenoxy) is 1. The molecule has 0 saturated carbocycles. The van der Waals surface area contributed by atoms with Crippen molar-refractivity contribution in [1.29, 1.82) is 0 Å². The Morgan fingerprint density at radius 3 is 3.21 bits per heavy atom. The van der Waals surface area contributed by atoms with Crippen molar-refractivity contribution < 1.29 is 4.74 Å². The molecule has 0 amide bonds. The van der Waals surface area contributed by atoms with Crippen LogP contribution in [0.15, 0.2) is 16.8 Å². The van der Waals surface area contributed by atoms with Crippen LogP contribution in [0.2, 0.25) is 0 Å². The molecule has 2 N–H and O–H groups in total. The van der Waals surface area contributed by atoms with E-state index in [4.69, 9.17) is 10.5 Å². The van der Waals surface area contributed by atoms with Crippen molar-refractivity contribution in [3.63, 3.8) is 0 Å². The molecule has 1 saturated heterocycles. The molecule has 1 aromatic heterocycles.